The lowest BCUT2D eigenvalue weighted by molar-refractivity contribution is -0.130. The Kier molecular flexibility index (Phi) is 8.24. The van der Waals surface area contributed by atoms with Crippen molar-refractivity contribution in [3.63, 3.8) is 0 Å². The molecule has 0 saturated heterocycles. The molecule has 0 spiro atoms. The minimum Gasteiger partial charge on any atom is -0.365 e. The van der Waals surface area contributed by atoms with Crippen LogP contribution in [0.4, 0.5) is 0 Å². The second-order valence-electron chi connectivity index (χ2n) is 3.29. The molecule has 1 aliphatic rings. The Morgan fingerprint density at radius 3 is 2.29 bits per heavy atom. The van der Waals surface area contributed by atoms with Crippen molar-refractivity contribution in [3.05, 3.63) is 12.7 Å². The number of carbonyl (C=O) groups is 1. The minimum atomic E-state index is -0.386. The van der Waals surface area contributed by atoms with E-state index in [-0.39, 0.29) is 12.0 Å². The van der Waals surface area contributed by atoms with Gasteiger partial charge in [-0.25, -0.2) is 0 Å². The quantitative estimate of drug-likeness (QED) is 0.702. The average Bonchev–Trinajstić information content (AvgIpc) is 2.10. The van der Waals surface area contributed by atoms with Gasteiger partial charge in [0.15, 0.2) is 0 Å². The molecule has 0 aromatic heterocycles. The van der Waals surface area contributed by atoms with Gasteiger partial charge in [-0.05, 0) is 6.92 Å². The third-order valence-corrected chi connectivity index (χ3v) is 2.08. The molecule has 0 aromatic rings. The van der Waals surface area contributed by atoms with Crippen LogP contribution in [0.25, 0.3) is 0 Å². The molecule has 3 heteroatoms. The third-order valence-electron chi connectivity index (χ3n) is 2.08. The highest BCUT2D eigenvalue weighted by atomic mass is 16.5. The predicted octanol–water partition coefficient (Wildman–Crippen LogP) is 1.88. The van der Waals surface area contributed by atoms with E-state index in [0.29, 0.717) is 6.61 Å². The average molecular weight is 199 g/mol. The first-order chi connectivity index (χ1) is 6.72. The van der Waals surface area contributed by atoms with Crippen molar-refractivity contribution in [1.29, 1.82) is 0 Å². The van der Waals surface area contributed by atoms with Crippen molar-refractivity contribution < 1.29 is 9.53 Å². The van der Waals surface area contributed by atoms with Crippen LogP contribution in [-0.2, 0) is 9.53 Å². The summed E-state index contributed by atoms with van der Waals surface area (Å²) < 4.78 is 5.01. The fourth-order valence-corrected chi connectivity index (χ4v) is 0.741. The molecule has 0 aromatic carbocycles. The molecule has 1 unspecified atom stereocenters. The SMILES string of the molecule is C1CCC1.C=CCOC(C)C(=O)NC. The number of hydrogen-bond donors (Lipinski definition) is 1. The molecule has 0 heterocycles. The van der Waals surface area contributed by atoms with Crippen molar-refractivity contribution in [2.24, 2.45) is 0 Å². The molecule has 0 bridgehead atoms. The first-order valence-corrected chi connectivity index (χ1v) is 5.16. The molecule has 1 rings (SSSR count). The van der Waals surface area contributed by atoms with Gasteiger partial charge in [0, 0.05) is 7.05 Å². The fourth-order valence-electron chi connectivity index (χ4n) is 0.741. The molecule has 0 aliphatic heterocycles. The van der Waals surface area contributed by atoms with Gasteiger partial charge >= 0.3 is 0 Å². The summed E-state index contributed by atoms with van der Waals surface area (Å²) in [6, 6.07) is 0. The molecule has 1 atom stereocenters. The monoisotopic (exact) mass is 199 g/mol. The van der Waals surface area contributed by atoms with Crippen LogP contribution >= 0.6 is 0 Å². The molecule has 82 valence electrons. The van der Waals surface area contributed by atoms with Crippen LogP contribution in [-0.4, -0.2) is 25.7 Å². The third kappa shape index (κ3) is 6.66. The molecule has 3 nitrogen and oxygen atoms in total. The number of likely N-dealkylation sites (N-methyl/N-ethyl adjacent to an activating group) is 1. The molecule has 0 radical (unpaired) electrons. The van der Waals surface area contributed by atoms with Crippen molar-refractivity contribution >= 4 is 5.91 Å². The van der Waals surface area contributed by atoms with Gasteiger partial charge in [-0.2, -0.15) is 0 Å². The first-order valence-electron chi connectivity index (χ1n) is 5.16. The van der Waals surface area contributed by atoms with Gasteiger partial charge in [-0.15, -0.1) is 6.58 Å². The zero-order chi connectivity index (χ0) is 10.8. The van der Waals surface area contributed by atoms with Crippen LogP contribution in [0.15, 0.2) is 12.7 Å². The maximum absolute atomic E-state index is 10.7. The Morgan fingerprint density at radius 2 is 2.00 bits per heavy atom. The summed E-state index contributed by atoms with van der Waals surface area (Å²) in [5, 5.41) is 2.48. The summed E-state index contributed by atoms with van der Waals surface area (Å²) >= 11 is 0. The standard InChI is InChI=1S/C7H13NO2.C4H8/c1-4-5-10-6(2)7(9)8-3;1-2-4-3-1/h4,6H,1,5H2,2-3H3,(H,8,9);1-4H2. The smallest absolute Gasteiger partial charge is 0.248 e. The molecule has 1 N–H and O–H groups in total. The summed E-state index contributed by atoms with van der Waals surface area (Å²) in [4.78, 5) is 10.7. The largest absolute Gasteiger partial charge is 0.365 e. The van der Waals surface area contributed by atoms with E-state index in [1.54, 1.807) is 20.0 Å². The lowest BCUT2D eigenvalue weighted by Gasteiger charge is -2.08. The van der Waals surface area contributed by atoms with E-state index >= 15 is 0 Å². The maximum Gasteiger partial charge on any atom is 0.248 e. The number of hydrogen-bond acceptors (Lipinski definition) is 2. The Labute approximate surface area is 86.5 Å². The zero-order valence-electron chi connectivity index (χ0n) is 9.21. The highest BCUT2D eigenvalue weighted by Gasteiger charge is 2.08. The van der Waals surface area contributed by atoms with Crippen LogP contribution in [0, 0.1) is 0 Å². The number of ether oxygens (including phenoxy) is 1. The number of amides is 1. The lowest BCUT2D eigenvalue weighted by Crippen LogP contribution is -2.31. The van der Waals surface area contributed by atoms with E-state index in [9.17, 15) is 4.79 Å². The summed E-state index contributed by atoms with van der Waals surface area (Å²) in [5.41, 5.74) is 0. The topological polar surface area (TPSA) is 38.3 Å². The molecular weight excluding hydrogens is 178 g/mol. The minimum absolute atomic E-state index is 0.109. The second-order valence-corrected chi connectivity index (χ2v) is 3.29. The van der Waals surface area contributed by atoms with Crippen LogP contribution in [0.2, 0.25) is 0 Å². The van der Waals surface area contributed by atoms with Crippen molar-refractivity contribution in [2.75, 3.05) is 13.7 Å². The Balaban J connectivity index is 0.000000344. The van der Waals surface area contributed by atoms with Gasteiger partial charge in [0.1, 0.15) is 6.10 Å². The van der Waals surface area contributed by atoms with E-state index in [0.717, 1.165) is 0 Å². The molecule has 14 heavy (non-hydrogen) atoms. The first kappa shape index (κ1) is 13.2. The molecule has 1 amide bonds. The summed E-state index contributed by atoms with van der Waals surface area (Å²) in [7, 11) is 1.58. The van der Waals surface area contributed by atoms with Gasteiger partial charge in [-0.3, -0.25) is 4.79 Å². The molecular formula is C11H21NO2. The van der Waals surface area contributed by atoms with Crippen LogP contribution in [0.1, 0.15) is 32.6 Å². The Bertz CT molecular complexity index is 161. The predicted molar refractivity (Wildman–Crippen MR) is 58.1 cm³/mol. The normalized spacial score (nSPS) is 15.6. The zero-order valence-corrected chi connectivity index (χ0v) is 9.21. The molecule has 1 fully saturated rings. The van der Waals surface area contributed by atoms with Crippen LogP contribution in [0.5, 0.6) is 0 Å². The van der Waals surface area contributed by atoms with E-state index < -0.39 is 0 Å². The van der Waals surface area contributed by atoms with Crippen molar-refractivity contribution in [2.45, 2.75) is 38.7 Å². The number of nitrogens with one attached hydrogen (secondary N) is 1. The second kappa shape index (κ2) is 8.75. The maximum atomic E-state index is 10.7. The van der Waals surface area contributed by atoms with Crippen LogP contribution in [0.3, 0.4) is 0 Å². The highest BCUT2D eigenvalue weighted by molar-refractivity contribution is 5.79. The van der Waals surface area contributed by atoms with Gasteiger partial charge < -0.3 is 10.1 Å². The van der Waals surface area contributed by atoms with Crippen molar-refractivity contribution in [1.82, 2.24) is 5.32 Å². The molecule has 1 aliphatic carbocycles. The van der Waals surface area contributed by atoms with Gasteiger partial charge in [-0.1, -0.05) is 31.8 Å². The fraction of sp³-hybridized carbons (Fsp3) is 0.727. The van der Waals surface area contributed by atoms with E-state index in [1.165, 1.54) is 25.7 Å². The van der Waals surface area contributed by atoms with Crippen LogP contribution < -0.4 is 5.32 Å². The van der Waals surface area contributed by atoms with Crippen molar-refractivity contribution in [3.8, 4) is 0 Å². The van der Waals surface area contributed by atoms with E-state index in [2.05, 4.69) is 11.9 Å². The summed E-state index contributed by atoms with van der Waals surface area (Å²) in [6.45, 7) is 5.57. The summed E-state index contributed by atoms with van der Waals surface area (Å²) in [6.07, 6.45) is 7.22. The summed E-state index contributed by atoms with van der Waals surface area (Å²) in [5.74, 6) is -0.109. The Hall–Kier alpha value is -0.830. The number of rotatable bonds is 4. The lowest BCUT2D eigenvalue weighted by atomic mass is 10.0. The van der Waals surface area contributed by atoms with E-state index in [4.69, 9.17) is 4.74 Å². The number of carbonyl (C=O) groups excluding carboxylic acids is 1. The van der Waals surface area contributed by atoms with E-state index in [1.807, 2.05) is 0 Å². The van der Waals surface area contributed by atoms with Gasteiger partial charge in [0.05, 0.1) is 6.61 Å². The van der Waals surface area contributed by atoms with Gasteiger partial charge in [0.2, 0.25) is 5.91 Å². The highest BCUT2D eigenvalue weighted by Crippen LogP contribution is 2.15. The Morgan fingerprint density at radius 1 is 1.50 bits per heavy atom. The van der Waals surface area contributed by atoms with Gasteiger partial charge in [0.25, 0.3) is 0 Å². The molecule has 1 saturated carbocycles.